The van der Waals surface area contributed by atoms with Gasteiger partial charge in [0.1, 0.15) is 17.6 Å². The predicted molar refractivity (Wildman–Crippen MR) is 67.2 cm³/mol. The van der Waals surface area contributed by atoms with Gasteiger partial charge in [0.05, 0.1) is 16.9 Å². The normalized spacial score (nSPS) is 12.9. The lowest BCUT2D eigenvalue weighted by atomic mass is 10.1. The van der Waals surface area contributed by atoms with E-state index in [1.165, 1.54) is 0 Å². The van der Waals surface area contributed by atoms with Crippen molar-refractivity contribution in [2.45, 2.75) is 19.9 Å². The summed E-state index contributed by atoms with van der Waals surface area (Å²) in [5.41, 5.74) is 0.919. The third-order valence-corrected chi connectivity index (χ3v) is 2.96. The van der Waals surface area contributed by atoms with Crippen LogP contribution >= 0.6 is 11.6 Å². The molecule has 0 aliphatic carbocycles. The summed E-state index contributed by atoms with van der Waals surface area (Å²) in [7, 11) is 1.88. The zero-order valence-electron chi connectivity index (χ0n) is 10.2. The molecular weight excluding hydrogens is 238 g/mol. The minimum absolute atomic E-state index is 0.0614. The Hall–Kier alpha value is -1.26. The summed E-state index contributed by atoms with van der Waals surface area (Å²) in [5, 5.41) is 8.16. The van der Waals surface area contributed by atoms with E-state index in [9.17, 15) is 0 Å². The van der Waals surface area contributed by atoms with Gasteiger partial charge in [-0.15, -0.1) is 0 Å². The van der Waals surface area contributed by atoms with Crippen LogP contribution in [0.15, 0.2) is 22.7 Å². The number of nitrogens with zero attached hydrogens (tertiary/aromatic N) is 2. The second-order valence-electron chi connectivity index (χ2n) is 3.94. The summed E-state index contributed by atoms with van der Waals surface area (Å²) in [5.74, 6) is 1.75. The Morgan fingerprint density at radius 1 is 1.53 bits per heavy atom. The molecular formula is C12H16ClN3O. The highest BCUT2D eigenvalue weighted by Crippen LogP contribution is 2.28. The molecule has 92 valence electrons. The van der Waals surface area contributed by atoms with Crippen molar-refractivity contribution in [3.8, 4) is 0 Å². The Labute approximate surface area is 106 Å². The summed E-state index contributed by atoms with van der Waals surface area (Å²) < 4.78 is 7.44. The Morgan fingerprint density at radius 3 is 2.76 bits per heavy atom. The first-order valence-corrected chi connectivity index (χ1v) is 5.98. The fraction of sp³-hybridized carbons (Fsp3) is 0.417. The molecule has 5 heteroatoms. The summed E-state index contributed by atoms with van der Waals surface area (Å²) in [4.78, 5) is 0. The molecule has 2 aromatic heterocycles. The average molecular weight is 254 g/mol. The van der Waals surface area contributed by atoms with Crippen molar-refractivity contribution in [2.75, 3.05) is 6.54 Å². The van der Waals surface area contributed by atoms with Crippen molar-refractivity contribution >= 4 is 11.6 Å². The number of halogens is 1. The number of hydrogen-bond donors (Lipinski definition) is 1. The third kappa shape index (κ3) is 2.37. The predicted octanol–water partition coefficient (Wildman–Crippen LogP) is 2.67. The van der Waals surface area contributed by atoms with Crippen molar-refractivity contribution in [3.63, 3.8) is 0 Å². The molecule has 2 heterocycles. The molecule has 1 unspecified atom stereocenters. The lowest BCUT2D eigenvalue weighted by Crippen LogP contribution is -2.24. The van der Waals surface area contributed by atoms with Gasteiger partial charge in [0.25, 0.3) is 0 Å². The fourth-order valence-electron chi connectivity index (χ4n) is 1.89. The molecule has 0 spiro atoms. The maximum absolute atomic E-state index is 6.17. The zero-order chi connectivity index (χ0) is 12.4. The van der Waals surface area contributed by atoms with E-state index in [0.29, 0.717) is 5.02 Å². The monoisotopic (exact) mass is 253 g/mol. The van der Waals surface area contributed by atoms with Crippen molar-refractivity contribution in [2.24, 2.45) is 7.05 Å². The quantitative estimate of drug-likeness (QED) is 0.911. The molecule has 2 aromatic rings. The van der Waals surface area contributed by atoms with E-state index in [-0.39, 0.29) is 6.04 Å². The van der Waals surface area contributed by atoms with Crippen LogP contribution in [0.1, 0.15) is 30.2 Å². The van der Waals surface area contributed by atoms with Crippen molar-refractivity contribution in [1.29, 1.82) is 0 Å². The highest BCUT2D eigenvalue weighted by molar-refractivity contribution is 6.31. The van der Waals surface area contributed by atoms with E-state index in [1.807, 2.05) is 33.0 Å². The van der Waals surface area contributed by atoms with Gasteiger partial charge in [-0.3, -0.25) is 4.68 Å². The summed E-state index contributed by atoms with van der Waals surface area (Å²) >= 11 is 6.17. The number of rotatable bonds is 4. The molecule has 0 amide bonds. The first kappa shape index (κ1) is 12.2. The number of aryl methyl sites for hydroxylation is 2. The molecule has 0 aliphatic rings. The van der Waals surface area contributed by atoms with Gasteiger partial charge in [0.2, 0.25) is 0 Å². The van der Waals surface area contributed by atoms with E-state index in [0.717, 1.165) is 23.8 Å². The van der Waals surface area contributed by atoms with E-state index in [4.69, 9.17) is 16.0 Å². The van der Waals surface area contributed by atoms with Crippen LogP contribution in [0, 0.1) is 6.92 Å². The van der Waals surface area contributed by atoms with Crippen molar-refractivity contribution in [1.82, 2.24) is 15.1 Å². The van der Waals surface area contributed by atoms with Crippen LogP contribution in [0.2, 0.25) is 5.02 Å². The molecule has 0 fully saturated rings. The summed E-state index contributed by atoms with van der Waals surface area (Å²) in [6.07, 6.45) is 1.65. The van der Waals surface area contributed by atoms with E-state index >= 15 is 0 Å². The second kappa shape index (κ2) is 4.94. The van der Waals surface area contributed by atoms with Gasteiger partial charge in [-0.2, -0.15) is 5.10 Å². The Kier molecular flexibility index (Phi) is 3.54. The minimum atomic E-state index is -0.0614. The molecule has 4 nitrogen and oxygen atoms in total. The van der Waals surface area contributed by atoms with Crippen LogP contribution in [0.25, 0.3) is 0 Å². The van der Waals surface area contributed by atoms with Crippen LogP contribution in [-0.2, 0) is 7.05 Å². The maximum atomic E-state index is 6.17. The molecule has 0 bridgehead atoms. The SMILES string of the molecule is CCNC(c1ccc(C)o1)c1c(Cl)cnn1C. The third-order valence-electron chi connectivity index (χ3n) is 2.66. The molecule has 1 atom stereocenters. The molecule has 17 heavy (non-hydrogen) atoms. The molecule has 0 aromatic carbocycles. The van der Waals surface area contributed by atoms with Gasteiger partial charge in [-0.25, -0.2) is 0 Å². The number of hydrogen-bond acceptors (Lipinski definition) is 3. The number of furan rings is 1. The zero-order valence-corrected chi connectivity index (χ0v) is 11.0. The number of nitrogens with one attached hydrogen (secondary N) is 1. The lowest BCUT2D eigenvalue weighted by Gasteiger charge is -2.16. The molecule has 1 N–H and O–H groups in total. The highest BCUT2D eigenvalue weighted by atomic mass is 35.5. The van der Waals surface area contributed by atoms with E-state index in [2.05, 4.69) is 10.4 Å². The number of aromatic nitrogens is 2. The standard InChI is InChI=1S/C12H16ClN3O/c1-4-14-11(10-6-5-8(2)17-10)12-9(13)7-15-16(12)3/h5-7,11,14H,4H2,1-3H3. The first-order valence-electron chi connectivity index (χ1n) is 5.60. The van der Waals surface area contributed by atoms with Gasteiger partial charge in [0, 0.05) is 7.05 Å². The van der Waals surface area contributed by atoms with Gasteiger partial charge in [-0.1, -0.05) is 18.5 Å². The Bertz CT molecular complexity index is 484. The second-order valence-corrected chi connectivity index (χ2v) is 4.35. The minimum Gasteiger partial charge on any atom is -0.464 e. The molecule has 0 aliphatic heterocycles. The average Bonchev–Trinajstić information content (AvgIpc) is 2.84. The van der Waals surface area contributed by atoms with E-state index < -0.39 is 0 Å². The van der Waals surface area contributed by atoms with Gasteiger partial charge in [-0.05, 0) is 25.6 Å². The molecule has 0 saturated carbocycles. The smallest absolute Gasteiger partial charge is 0.127 e. The van der Waals surface area contributed by atoms with Gasteiger partial charge >= 0.3 is 0 Å². The van der Waals surface area contributed by atoms with Crippen LogP contribution in [0.4, 0.5) is 0 Å². The summed E-state index contributed by atoms with van der Waals surface area (Å²) in [6.45, 7) is 4.80. The van der Waals surface area contributed by atoms with Crippen molar-refractivity contribution in [3.05, 3.63) is 40.6 Å². The van der Waals surface area contributed by atoms with Crippen LogP contribution in [0.5, 0.6) is 0 Å². The highest BCUT2D eigenvalue weighted by Gasteiger charge is 2.22. The topological polar surface area (TPSA) is 43.0 Å². The van der Waals surface area contributed by atoms with Crippen molar-refractivity contribution < 1.29 is 4.42 Å². The molecule has 0 radical (unpaired) electrons. The van der Waals surface area contributed by atoms with Crippen LogP contribution in [0.3, 0.4) is 0 Å². The molecule has 2 rings (SSSR count). The van der Waals surface area contributed by atoms with Crippen LogP contribution in [-0.4, -0.2) is 16.3 Å². The van der Waals surface area contributed by atoms with Crippen LogP contribution < -0.4 is 5.32 Å². The lowest BCUT2D eigenvalue weighted by molar-refractivity contribution is 0.423. The summed E-state index contributed by atoms with van der Waals surface area (Å²) in [6, 6.07) is 3.85. The Morgan fingerprint density at radius 2 is 2.29 bits per heavy atom. The Balaban J connectivity index is 2.42. The fourth-order valence-corrected chi connectivity index (χ4v) is 2.16. The van der Waals surface area contributed by atoms with E-state index in [1.54, 1.807) is 10.9 Å². The molecule has 0 saturated heterocycles. The largest absolute Gasteiger partial charge is 0.464 e. The van der Waals surface area contributed by atoms with Gasteiger partial charge < -0.3 is 9.73 Å². The van der Waals surface area contributed by atoms with Gasteiger partial charge in [0.15, 0.2) is 0 Å². The maximum Gasteiger partial charge on any atom is 0.127 e. The first-order chi connectivity index (χ1) is 8.13.